The summed E-state index contributed by atoms with van der Waals surface area (Å²) in [6.07, 6.45) is 5.26. The van der Waals surface area contributed by atoms with Crippen LogP contribution in [0.4, 0.5) is 5.00 Å². The summed E-state index contributed by atoms with van der Waals surface area (Å²) in [5, 5.41) is 3.64. The topological polar surface area (TPSA) is 76.6 Å². The number of primary amides is 1. The molecule has 1 fully saturated rings. The van der Waals surface area contributed by atoms with Gasteiger partial charge in [0.1, 0.15) is 11.5 Å². The molecule has 154 valence electrons. The molecule has 2 aliphatic rings. The number of carbonyl (C=O) groups is 2. The zero-order valence-electron chi connectivity index (χ0n) is 17.2. The lowest BCUT2D eigenvalue weighted by Gasteiger charge is -2.19. The summed E-state index contributed by atoms with van der Waals surface area (Å²) in [5.74, 6) is 0.0537. The summed E-state index contributed by atoms with van der Waals surface area (Å²) < 4.78 is 0. The van der Waals surface area contributed by atoms with Crippen molar-refractivity contribution in [1.29, 1.82) is 0 Å². The van der Waals surface area contributed by atoms with Crippen LogP contribution in [0.5, 0.6) is 0 Å². The Hall–Kier alpha value is -2.18. The molecule has 1 saturated carbocycles. The third kappa shape index (κ3) is 4.54. The maximum atomic E-state index is 12.8. The van der Waals surface area contributed by atoms with Gasteiger partial charge in [-0.25, -0.2) is 0 Å². The minimum atomic E-state index is -0.434. The number of benzene rings is 1. The van der Waals surface area contributed by atoms with Crippen molar-refractivity contribution in [3.63, 3.8) is 0 Å². The van der Waals surface area contributed by atoms with E-state index in [2.05, 4.69) is 43.4 Å². The molecular weight excluding hydrogens is 382 g/mol. The van der Waals surface area contributed by atoms with Gasteiger partial charge in [-0.3, -0.25) is 9.59 Å². The van der Waals surface area contributed by atoms with E-state index < -0.39 is 5.91 Å². The van der Waals surface area contributed by atoms with Crippen LogP contribution in [0, 0.1) is 0 Å². The van der Waals surface area contributed by atoms with Gasteiger partial charge in [-0.1, -0.05) is 38.1 Å². The van der Waals surface area contributed by atoms with Gasteiger partial charge in [-0.15, -0.1) is 11.3 Å². The summed E-state index contributed by atoms with van der Waals surface area (Å²) in [6, 6.07) is 9.30. The Morgan fingerprint density at radius 3 is 2.55 bits per heavy atom. The Balaban J connectivity index is 1.43. The Morgan fingerprint density at radius 2 is 1.93 bits per heavy atom. The Kier molecular flexibility index (Phi) is 5.74. The number of aryl methyl sites for hydroxylation is 1. The minimum Gasteiger partial charge on any atom is -0.365 e. The van der Waals surface area contributed by atoms with Crippen molar-refractivity contribution in [2.75, 3.05) is 11.9 Å². The highest BCUT2D eigenvalue weighted by molar-refractivity contribution is 7.17. The third-order valence-electron chi connectivity index (χ3n) is 6.04. The summed E-state index contributed by atoms with van der Waals surface area (Å²) in [4.78, 5) is 27.3. The second-order valence-corrected chi connectivity index (χ2v) is 9.76. The maximum absolute atomic E-state index is 12.8. The standard InChI is InChI=1S/C23H29N3O2S/c1-14(2)16-8-6-15(7-9-16)12-26(17-10-11-17)13-20(27)25-23-21(22(24)28)18-4-3-5-19(18)29-23/h6-9,14,17H,3-5,10-13H2,1-2H3,(H2,24,28)(H,25,27)/p+1. The number of nitrogens with one attached hydrogen (secondary N) is 2. The van der Waals surface area contributed by atoms with Crippen LogP contribution in [0.2, 0.25) is 0 Å². The Bertz CT molecular complexity index is 913. The Labute approximate surface area is 176 Å². The molecule has 4 N–H and O–H groups in total. The molecule has 5 nitrogen and oxygen atoms in total. The summed E-state index contributed by atoms with van der Waals surface area (Å²) in [5.41, 5.74) is 9.80. The third-order valence-corrected chi connectivity index (χ3v) is 7.25. The first kappa shape index (κ1) is 20.1. The molecule has 29 heavy (non-hydrogen) atoms. The largest absolute Gasteiger partial charge is 0.365 e. The van der Waals surface area contributed by atoms with Gasteiger partial charge in [0.15, 0.2) is 6.54 Å². The van der Waals surface area contributed by atoms with Crippen molar-refractivity contribution in [2.45, 2.75) is 64.5 Å². The number of quaternary nitrogens is 1. The van der Waals surface area contributed by atoms with Crippen LogP contribution in [0.3, 0.4) is 0 Å². The first-order valence-corrected chi connectivity index (χ1v) is 11.4. The lowest BCUT2D eigenvalue weighted by atomic mass is 10.0. The molecule has 1 aromatic carbocycles. The van der Waals surface area contributed by atoms with E-state index >= 15 is 0 Å². The molecule has 0 aliphatic heterocycles. The summed E-state index contributed by atoms with van der Waals surface area (Å²) in [6.45, 7) is 5.65. The van der Waals surface area contributed by atoms with E-state index in [4.69, 9.17) is 5.73 Å². The molecule has 0 bridgehead atoms. The Morgan fingerprint density at radius 1 is 1.21 bits per heavy atom. The molecule has 2 amide bonds. The van der Waals surface area contributed by atoms with Gasteiger partial charge in [-0.05, 0) is 36.3 Å². The normalized spacial score (nSPS) is 16.7. The molecule has 2 aromatic rings. The summed E-state index contributed by atoms with van der Waals surface area (Å²) >= 11 is 1.52. The molecule has 1 atom stereocenters. The van der Waals surface area contributed by atoms with Gasteiger partial charge in [0.25, 0.3) is 11.8 Å². The number of anilines is 1. The van der Waals surface area contributed by atoms with Gasteiger partial charge in [0.2, 0.25) is 0 Å². The number of hydrogen-bond acceptors (Lipinski definition) is 3. The zero-order valence-corrected chi connectivity index (χ0v) is 18.0. The van der Waals surface area contributed by atoms with Crippen molar-refractivity contribution in [2.24, 2.45) is 5.73 Å². The molecule has 6 heteroatoms. The lowest BCUT2D eigenvalue weighted by molar-refractivity contribution is -0.916. The fraction of sp³-hybridized carbons (Fsp3) is 0.478. The first-order chi connectivity index (χ1) is 13.9. The van der Waals surface area contributed by atoms with E-state index in [0.29, 0.717) is 29.1 Å². The highest BCUT2D eigenvalue weighted by Crippen LogP contribution is 2.38. The lowest BCUT2D eigenvalue weighted by Crippen LogP contribution is -3.13. The van der Waals surface area contributed by atoms with Crippen molar-refractivity contribution in [1.82, 2.24) is 0 Å². The predicted molar refractivity (Wildman–Crippen MR) is 117 cm³/mol. The van der Waals surface area contributed by atoms with E-state index in [0.717, 1.165) is 31.4 Å². The van der Waals surface area contributed by atoms with Crippen molar-refractivity contribution in [3.8, 4) is 0 Å². The van der Waals surface area contributed by atoms with E-state index in [1.807, 2.05) is 0 Å². The van der Waals surface area contributed by atoms with Crippen LogP contribution < -0.4 is 16.0 Å². The molecular formula is C23H30N3O2S+. The fourth-order valence-electron chi connectivity index (χ4n) is 4.26. The highest BCUT2D eigenvalue weighted by atomic mass is 32.1. The van der Waals surface area contributed by atoms with Crippen LogP contribution in [-0.4, -0.2) is 24.4 Å². The van der Waals surface area contributed by atoms with E-state index in [1.54, 1.807) is 0 Å². The average Bonchev–Trinajstić information content (AvgIpc) is 3.33. The molecule has 0 spiro atoms. The quantitative estimate of drug-likeness (QED) is 0.623. The number of hydrogen-bond donors (Lipinski definition) is 3. The van der Waals surface area contributed by atoms with Crippen LogP contribution in [0.25, 0.3) is 0 Å². The number of nitrogens with two attached hydrogens (primary N) is 1. The number of amides is 2. The first-order valence-electron chi connectivity index (χ1n) is 10.6. The molecule has 0 saturated heterocycles. The smallest absolute Gasteiger partial charge is 0.280 e. The number of carbonyl (C=O) groups excluding carboxylic acids is 2. The maximum Gasteiger partial charge on any atom is 0.280 e. The predicted octanol–water partition coefficient (Wildman–Crippen LogP) is 2.65. The molecule has 4 rings (SSSR count). The number of fused-ring (bicyclic) bond motifs is 1. The van der Waals surface area contributed by atoms with Crippen LogP contribution in [-0.2, 0) is 24.2 Å². The van der Waals surface area contributed by atoms with Gasteiger partial charge in [0.05, 0.1) is 11.6 Å². The fourth-order valence-corrected chi connectivity index (χ4v) is 5.57. The van der Waals surface area contributed by atoms with Gasteiger partial charge in [0, 0.05) is 23.3 Å². The summed E-state index contributed by atoms with van der Waals surface area (Å²) in [7, 11) is 0. The number of thiophene rings is 1. The molecule has 1 aromatic heterocycles. The van der Waals surface area contributed by atoms with Crippen molar-refractivity contribution >= 4 is 28.2 Å². The molecule has 1 heterocycles. The monoisotopic (exact) mass is 412 g/mol. The van der Waals surface area contributed by atoms with Gasteiger partial charge >= 0.3 is 0 Å². The van der Waals surface area contributed by atoms with E-state index in [9.17, 15) is 9.59 Å². The van der Waals surface area contributed by atoms with E-state index in [1.165, 1.54) is 45.1 Å². The second kappa shape index (κ2) is 8.28. The van der Waals surface area contributed by atoms with Crippen LogP contribution >= 0.6 is 11.3 Å². The average molecular weight is 413 g/mol. The zero-order chi connectivity index (χ0) is 20.5. The van der Waals surface area contributed by atoms with E-state index in [-0.39, 0.29) is 5.91 Å². The second-order valence-electron chi connectivity index (χ2n) is 8.66. The molecule has 2 aliphatic carbocycles. The van der Waals surface area contributed by atoms with Gasteiger partial charge < -0.3 is 16.0 Å². The van der Waals surface area contributed by atoms with Crippen molar-refractivity contribution in [3.05, 3.63) is 51.4 Å². The number of rotatable bonds is 8. The van der Waals surface area contributed by atoms with Gasteiger partial charge in [-0.2, -0.15) is 0 Å². The van der Waals surface area contributed by atoms with Crippen molar-refractivity contribution < 1.29 is 14.5 Å². The SMILES string of the molecule is CC(C)c1ccc(C[NH+](CC(=O)Nc2sc3c(c2C(N)=O)CCC3)C2CC2)cc1. The van der Waals surface area contributed by atoms with Crippen LogP contribution in [0.1, 0.15) is 71.0 Å². The minimum absolute atomic E-state index is 0.0341. The van der Waals surface area contributed by atoms with Crippen LogP contribution in [0.15, 0.2) is 24.3 Å². The molecule has 0 radical (unpaired) electrons. The highest BCUT2D eigenvalue weighted by Gasteiger charge is 2.35. The molecule has 1 unspecified atom stereocenters.